The van der Waals surface area contributed by atoms with E-state index in [0.29, 0.717) is 17.0 Å². The maximum absolute atomic E-state index is 12.6. The number of carbonyl (C=O) groups excluding carboxylic acids is 2. The maximum atomic E-state index is 12.6. The highest BCUT2D eigenvalue weighted by atomic mass is 16.5. The van der Waals surface area contributed by atoms with E-state index in [9.17, 15) is 9.59 Å². The summed E-state index contributed by atoms with van der Waals surface area (Å²) >= 11 is 0. The summed E-state index contributed by atoms with van der Waals surface area (Å²) in [5.41, 5.74) is 8.83. The van der Waals surface area contributed by atoms with Gasteiger partial charge in [-0.05, 0) is 50.1 Å². The van der Waals surface area contributed by atoms with Crippen molar-refractivity contribution in [3.05, 3.63) is 77.4 Å². The lowest BCUT2D eigenvalue weighted by Gasteiger charge is -2.13. The Morgan fingerprint density at radius 3 is 2.54 bits per heavy atom. The standard InChI is InChI=1S/C21H22N4O3/c1-14-5-7-18(25-9-8-22-13-25)17(10-14)21(27)24-23-20(26)12-28-19-11-15(2)4-6-16(19)3/h4-11,13H,12H2,1-3H3,(H,23,26)(H,24,27). The predicted molar refractivity (Wildman–Crippen MR) is 105 cm³/mol. The lowest BCUT2D eigenvalue weighted by molar-refractivity contribution is -0.123. The van der Waals surface area contributed by atoms with Gasteiger partial charge in [-0.1, -0.05) is 23.8 Å². The van der Waals surface area contributed by atoms with Crippen molar-refractivity contribution in [2.45, 2.75) is 20.8 Å². The molecule has 0 fully saturated rings. The van der Waals surface area contributed by atoms with E-state index in [-0.39, 0.29) is 6.61 Å². The molecule has 3 rings (SSSR count). The van der Waals surface area contributed by atoms with Crippen molar-refractivity contribution in [1.82, 2.24) is 20.4 Å². The van der Waals surface area contributed by atoms with Gasteiger partial charge in [0.15, 0.2) is 6.61 Å². The van der Waals surface area contributed by atoms with Gasteiger partial charge in [-0.25, -0.2) is 4.98 Å². The molecule has 0 saturated heterocycles. The number of rotatable bonds is 5. The number of hydrazine groups is 1. The van der Waals surface area contributed by atoms with Gasteiger partial charge in [0.05, 0.1) is 17.6 Å². The van der Waals surface area contributed by atoms with Crippen LogP contribution in [0.1, 0.15) is 27.0 Å². The second kappa shape index (κ2) is 8.39. The Morgan fingerprint density at radius 1 is 1.04 bits per heavy atom. The van der Waals surface area contributed by atoms with E-state index < -0.39 is 11.8 Å². The number of nitrogens with zero attached hydrogens (tertiary/aromatic N) is 2. The lowest BCUT2D eigenvalue weighted by atomic mass is 10.1. The van der Waals surface area contributed by atoms with Crippen molar-refractivity contribution < 1.29 is 14.3 Å². The molecule has 0 radical (unpaired) electrons. The molecule has 1 heterocycles. The van der Waals surface area contributed by atoms with Crippen molar-refractivity contribution in [2.24, 2.45) is 0 Å². The molecule has 0 bridgehead atoms. The molecule has 2 amide bonds. The monoisotopic (exact) mass is 378 g/mol. The molecule has 2 aromatic carbocycles. The lowest BCUT2D eigenvalue weighted by Crippen LogP contribution is -2.44. The Bertz CT molecular complexity index is 997. The van der Waals surface area contributed by atoms with E-state index in [2.05, 4.69) is 15.8 Å². The van der Waals surface area contributed by atoms with Gasteiger partial charge in [0.1, 0.15) is 5.75 Å². The quantitative estimate of drug-likeness (QED) is 0.669. The molecular weight excluding hydrogens is 356 g/mol. The number of hydrogen-bond donors (Lipinski definition) is 2. The fraction of sp³-hybridized carbons (Fsp3) is 0.190. The molecule has 0 spiro atoms. The van der Waals surface area contributed by atoms with Gasteiger partial charge < -0.3 is 9.30 Å². The van der Waals surface area contributed by atoms with Crippen LogP contribution in [0.25, 0.3) is 5.69 Å². The van der Waals surface area contributed by atoms with Gasteiger partial charge in [-0.15, -0.1) is 0 Å². The first kappa shape index (κ1) is 19.2. The second-order valence-electron chi connectivity index (χ2n) is 6.55. The summed E-state index contributed by atoms with van der Waals surface area (Å²) in [5, 5.41) is 0. The fourth-order valence-electron chi connectivity index (χ4n) is 2.69. The minimum Gasteiger partial charge on any atom is -0.483 e. The zero-order chi connectivity index (χ0) is 20.1. The summed E-state index contributed by atoms with van der Waals surface area (Å²) in [6.07, 6.45) is 4.99. The molecule has 28 heavy (non-hydrogen) atoms. The zero-order valence-electron chi connectivity index (χ0n) is 16.0. The van der Waals surface area contributed by atoms with Crippen LogP contribution < -0.4 is 15.6 Å². The van der Waals surface area contributed by atoms with Crippen LogP contribution in [0.2, 0.25) is 0 Å². The largest absolute Gasteiger partial charge is 0.483 e. The summed E-state index contributed by atoms with van der Waals surface area (Å²) in [4.78, 5) is 28.7. The molecule has 0 aliphatic heterocycles. The van der Waals surface area contributed by atoms with E-state index in [0.717, 1.165) is 16.7 Å². The molecule has 0 unspecified atom stereocenters. The van der Waals surface area contributed by atoms with Crippen LogP contribution >= 0.6 is 0 Å². The number of aryl methyl sites for hydroxylation is 3. The SMILES string of the molecule is Cc1ccc(C)c(OCC(=O)NNC(=O)c2cc(C)ccc2-n2ccnc2)c1. The number of imidazole rings is 1. The van der Waals surface area contributed by atoms with Crippen molar-refractivity contribution >= 4 is 11.8 Å². The maximum Gasteiger partial charge on any atom is 0.276 e. The summed E-state index contributed by atoms with van der Waals surface area (Å²) in [5.74, 6) is -0.235. The molecular formula is C21H22N4O3. The third-order valence-corrected chi connectivity index (χ3v) is 4.20. The minimum absolute atomic E-state index is 0.202. The van der Waals surface area contributed by atoms with Crippen molar-refractivity contribution in [3.63, 3.8) is 0 Å². The van der Waals surface area contributed by atoms with Crippen LogP contribution in [-0.4, -0.2) is 28.0 Å². The number of hydrogen-bond acceptors (Lipinski definition) is 4. The number of benzene rings is 2. The predicted octanol–water partition coefficient (Wildman–Crippen LogP) is 2.64. The highest BCUT2D eigenvalue weighted by Crippen LogP contribution is 2.19. The number of carbonyl (C=O) groups is 2. The van der Waals surface area contributed by atoms with Crippen LogP contribution in [-0.2, 0) is 4.79 Å². The van der Waals surface area contributed by atoms with E-state index >= 15 is 0 Å². The third-order valence-electron chi connectivity index (χ3n) is 4.20. The van der Waals surface area contributed by atoms with Gasteiger partial charge >= 0.3 is 0 Å². The summed E-state index contributed by atoms with van der Waals surface area (Å²) < 4.78 is 7.28. The zero-order valence-corrected chi connectivity index (χ0v) is 16.0. The van der Waals surface area contributed by atoms with Gasteiger partial charge in [-0.2, -0.15) is 0 Å². The summed E-state index contributed by atoms with van der Waals surface area (Å²) in [6.45, 7) is 5.55. The molecule has 2 N–H and O–H groups in total. The van der Waals surface area contributed by atoms with Gasteiger partial charge in [0, 0.05) is 12.4 Å². The van der Waals surface area contributed by atoms with Crippen LogP contribution in [0.3, 0.4) is 0 Å². The van der Waals surface area contributed by atoms with E-state index in [1.165, 1.54) is 0 Å². The van der Waals surface area contributed by atoms with E-state index in [1.54, 1.807) is 29.4 Å². The van der Waals surface area contributed by atoms with Crippen LogP contribution in [0, 0.1) is 20.8 Å². The molecule has 3 aromatic rings. The number of amides is 2. The third kappa shape index (κ3) is 4.56. The van der Waals surface area contributed by atoms with E-state index in [4.69, 9.17) is 4.74 Å². The van der Waals surface area contributed by atoms with Crippen LogP contribution in [0.4, 0.5) is 0 Å². The molecule has 1 aromatic heterocycles. The molecule has 0 saturated carbocycles. The average molecular weight is 378 g/mol. The van der Waals surface area contributed by atoms with Gasteiger partial charge in [0.2, 0.25) is 0 Å². The fourth-order valence-corrected chi connectivity index (χ4v) is 2.69. The second-order valence-corrected chi connectivity index (χ2v) is 6.55. The number of nitrogens with one attached hydrogen (secondary N) is 2. The Balaban J connectivity index is 1.62. The normalized spacial score (nSPS) is 10.4. The highest BCUT2D eigenvalue weighted by molar-refractivity contribution is 5.99. The minimum atomic E-state index is -0.453. The van der Waals surface area contributed by atoms with E-state index in [1.807, 2.05) is 51.1 Å². The summed E-state index contributed by atoms with van der Waals surface area (Å²) in [6, 6.07) is 11.3. The van der Waals surface area contributed by atoms with Crippen LogP contribution in [0.15, 0.2) is 55.1 Å². The smallest absolute Gasteiger partial charge is 0.276 e. The van der Waals surface area contributed by atoms with Crippen molar-refractivity contribution in [3.8, 4) is 11.4 Å². The topological polar surface area (TPSA) is 85.3 Å². The average Bonchev–Trinajstić information content (AvgIpc) is 3.21. The van der Waals surface area contributed by atoms with Crippen LogP contribution in [0.5, 0.6) is 5.75 Å². The molecule has 7 nitrogen and oxygen atoms in total. The first-order chi connectivity index (χ1) is 13.4. The van der Waals surface area contributed by atoms with Gasteiger partial charge in [0.25, 0.3) is 11.8 Å². The Morgan fingerprint density at radius 2 is 1.79 bits per heavy atom. The molecule has 144 valence electrons. The molecule has 0 atom stereocenters. The molecule has 0 aliphatic rings. The van der Waals surface area contributed by atoms with Crippen molar-refractivity contribution in [2.75, 3.05) is 6.61 Å². The first-order valence-corrected chi connectivity index (χ1v) is 8.82. The van der Waals surface area contributed by atoms with Gasteiger partial charge in [-0.3, -0.25) is 20.4 Å². The van der Waals surface area contributed by atoms with Crippen molar-refractivity contribution in [1.29, 1.82) is 0 Å². The first-order valence-electron chi connectivity index (χ1n) is 8.82. The highest BCUT2D eigenvalue weighted by Gasteiger charge is 2.14. The molecule has 7 heteroatoms. The molecule has 0 aliphatic carbocycles. The number of aromatic nitrogens is 2. The Hall–Kier alpha value is -3.61. The summed E-state index contributed by atoms with van der Waals surface area (Å²) in [7, 11) is 0. The Kier molecular flexibility index (Phi) is 5.74. The Labute approximate surface area is 163 Å². The number of ether oxygens (including phenoxy) is 1.